The van der Waals surface area contributed by atoms with Gasteiger partial charge in [0.15, 0.2) is 0 Å². The Balaban J connectivity index is 2.06. The highest BCUT2D eigenvalue weighted by atomic mass is 35.5. The predicted molar refractivity (Wildman–Crippen MR) is 76.6 cm³/mol. The van der Waals surface area contributed by atoms with E-state index in [0.29, 0.717) is 11.4 Å². The molecular weight excluding hydrogens is 260 g/mol. The molecule has 1 N–H and O–H groups in total. The number of aryl methyl sites for hydroxylation is 1. The lowest BCUT2D eigenvalue weighted by atomic mass is 9.92. The average molecular weight is 275 g/mol. The summed E-state index contributed by atoms with van der Waals surface area (Å²) in [6, 6.07) is 16.9. The van der Waals surface area contributed by atoms with Crippen LogP contribution in [-0.4, -0.2) is 11.1 Å². The predicted octanol–water partition coefficient (Wildman–Crippen LogP) is 4.14. The van der Waals surface area contributed by atoms with E-state index in [4.69, 9.17) is 11.6 Å². The normalized spacial score (nSPS) is 12.1. The van der Waals surface area contributed by atoms with E-state index in [-0.39, 0.29) is 0 Å². The Morgan fingerprint density at radius 3 is 2.26 bits per heavy atom. The minimum atomic E-state index is -0.778. The summed E-state index contributed by atoms with van der Waals surface area (Å²) in [5.41, 5.74) is 1.95. The summed E-state index contributed by atoms with van der Waals surface area (Å²) in [5.74, 6) is -1.24. The molecule has 0 saturated carbocycles. The Morgan fingerprint density at radius 2 is 1.68 bits per heavy atom. The van der Waals surface area contributed by atoms with Crippen LogP contribution >= 0.6 is 11.6 Å². The summed E-state index contributed by atoms with van der Waals surface area (Å²) in [7, 11) is 0. The highest BCUT2D eigenvalue weighted by Gasteiger charge is 2.19. The van der Waals surface area contributed by atoms with Gasteiger partial charge in [-0.15, -0.1) is 0 Å². The minimum absolute atomic E-state index is 0.461. The van der Waals surface area contributed by atoms with Gasteiger partial charge in [0.2, 0.25) is 0 Å². The zero-order valence-corrected chi connectivity index (χ0v) is 11.2. The lowest BCUT2D eigenvalue weighted by Gasteiger charge is -2.12. The maximum atomic E-state index is 11.4. The Kier molecular flexibility index (Phi) is 4.58. The summed E-state index contributed by atoms with van der Waals surface area (Å²) >= 11 is 5.83. The van der Waals surface area contributed by atoms with Crippen molar-refractivity contribution in [3.8, 4) is 0 Å². The van der Waals surface area contributed by atoms with Crippen LogP contribution < -0.4 is 0 Å². The topological polar surface area (TPSA) is 37.3 Å². The lowest BCUT2D eigenvalue weighted by Crippen LogP contribution is -2.12. The van der Waals surface area contributed by atoms with Crippen LogP contribution in [0.1, 0.15) is 23.5 Å². The smallest absolute Gasteiger partial charge is 0.310 e. The first-order valence-electron chi connectivity index (χ1n) is 6.19. The van der Waals surface area contributed by atoms with Crippen molar-refractivity contribution in [2.75, 3.05) is 0 Å². The van der Waals surface area contributed by atoms with Crippen molar-refractivity contribution >= 4 is 17.6 Å². The highest BCUT2D eigenvalue weighted by Crippen LogP contribution is 2.22. The van der Waals surface area contributed by atoms with Gasteiger partial charge >= 0.3 is 5.97 Å². The van der Waals surface area contributed by atoms with Crippen molar-refractivity contribution in [2.24, 2.45) is 0 Å². The van der Waals surface area contributed by atoms with Crippen LogP contribution in [0.3, 0.4) is 0 Å². The fourth-order valence-corrected chi connectivity index (χ4v) is 2.21. The third-order valence-electron chi connectivity index (χ3n) is 3.13. The second kappa shape index (κ2) is 6.39. The number of aliphatic carboxylic acids is 1. The van der Waals surface area contributed by atoms with Crippen molar-refractivity contribution in [3.63, 3.8) is 0 Å². The SMILES string of the molecule is O=C(O)C(CCc1ccc(Cl)cc1)c1ccccc1. The molecule has 0 heterocycles. The zero-order valence-electron chi connectivity index (χ0n) is 10.4. The standard InChI is InChI=1S/C16H15ClO2/c17-14-9-6-12(7-10-14)8-11-15(16(18)19)13-4-2-1-3-5-13/h1-7,9-10,15H,8,11H2,(H,18,19). The average Bonchev–Trinajstić information content (AvgIpc) is 2.42. The van der Waals surface area contributed by atoms with Crippen molar-refractivity contribution in [1.82, 2.24) is 0 Å². The molecule has 1 unspecified atom stereocenters. The molecule has 2 rings (SSSR count). The first-order valence-corrected chi connectivity index (χ1v) is 6.57. The molecule has 0 aliphatic rings. The van der Waals surface area contributed by atoms with Crippen LogP contribution in [0, 0.1) is 0 Å². The van der Waals surface area contributed by atoms with Gasteiger partial charge in [-0.2, -0.15) is 0 Å². The summed E-state index contributed by atoms with van der Waals surface area (Å²) < 4.78 is 0. The molecule has 3 heteroatoms. The van der Waals surface area contributed by atoms with Crippen LogP contribution in [0.2, 0.25) is 5.02 Å². The monoisotopic (exact) mass is 274 g/mol. The lowest BCUT2D eigenvalue weighted by molar-refractivity contribution is -0.138. The van der Waals surface area contributed by atoms with Gasteiger partial charge in [0.1, 0.15) is 0 Å². The van der Waals surface area contributed by atoms with Crippen molar-refractivity contribution in [3.05, 3.63) is 70.7 Å². The van der Waals surface area contributed by atoms with E-state index >= 15 is 0 Å². The number of carboxylic acids is 1. The van der Waals surface area contributed by atoms with Crippen molar-refractivity contribution < 1.29 is 9.90 Å². The number of hydrogen-bond acceptors (Lipinski definition) is 1. The third kappa shape index (κ3) is 3.83. The Hall–Kier alpha value is -1.80. The van der Waals surface area contributed by atoms with E-state index in [2.05, 4.69) is 0 Å². The van der Waals surface area contributed by atoms with Crippen LogP contribution in [0.4, 0.5) is 0 Å². The van der Waals surface area contributed by atoms with E-state index in [1.807, 2.05) is 54.6 Å². The molecule has 2 aromatic rings. The molecule has 0 fully saturated rings. The van der Waals surface area contributed by atoms with E-state index in [9.17, 15) is 9.90 Å². The number of carboxylic acid groups (broad SMARTS) is 1. The van der Waals surface area contributed by atoms with Crippen LogP contribution in [0.15, 0.2) is 54.6 Å². The van der Waals surface area contributed by atoms with Gasteiger partial charge in [-0.25, -0.2) is 0 Å². The van der Waals surface area contributed by atoms with Crippen molar-refractivity contribution in [2.45, 2.75) is 18.8 Å². The molecule has 1 atom stereocenters. The molecule has 19 heavy (non-hydrogen) atoms. The van der Waals surface area contributed by atoms with Gasteiger partial charge in [0.25, 0.3) is 0 Å². The molecule has 0 radical (unpaired) electrons. The van der Waals surface area contributed by atoms with E-state index in [1.165, 1.54) is 0 Å². The Labute approximate surface area is 117 Å². The second-order valence-electron chi connectivity index (χ2n) is 4.47. The molecule has 0 aromatic heterocycles. The summed E-state index contributed by atoms with van der Waals surface area (Å²) in [4.78, 5) is 11.4. The Bertz CT molecular complexity index is 534. The summed E-state index contributed by atoms with van der Waals surface area (Å²) in [6.45, 7) is 0. The molecule has 2 nitrogen and oxygen atoms in total. The fraction of sp³-hybridized carbons (Fsp3) is 0.188. The maximum Gasteiger partial charge on any atom is 0.310 e. The van der Waals surface area contributed by atoms with Crippen LogP contribution in [0.25, 0.3) is 0 Å². The molecule has 0 aliphatic carbocycles. The van der Waals surface area contributed by atoms with Crippen LogP contribution in [0.5, 0.6) is 0 Å². The molecule has 2 aromatic carbocycles. The summed E-state index contributed by atoms with van der Waals surface area (Å²) in [6.07, 6.45) is 1.31. The molecule has 0 amide bonds. The number of hydrogen-bond donors (Lipinski definition) is 1. The van der Waals surface area contributed by atoms with Gasteiger partial charge in [0.05, 0.1) is 5.92 Å². The van der Waals surface area contributed by atoms with Gasteiger partial charge in [-0.3, -0.25) is 4.79 Å². The third-order valence-corrected chi connectivity index (χ3v) is 3.39. The van der Waals surface area contributed by atoms with Gasteiger partial charge < -0.3 is 5.11 Å². The molecule has 0 aliphatic heterocycles. The number of benzene rings is 2. The second-order valence-corrected chi connectivity index (χ2v) is 4.90. The van der Waals surface area contributed by atoms with Gasteiger partial charge in [-0.1, -0.05) is 54.1 Å². The van der Waals surface area contributed by atoms with E-state index in [0.717, 1.165) is 17.5 Å². The molecule has 0 bridgehead atoms. The van der Waals surface area contributed by atoms with Crippen LogP contribution in [-0.2, 0) is 11.2 Å². The Morgan fingerprint density at radius 1 is 1.05 bits per heavy atom. The zero-order chi connectivity index (χ0) is 13.7. The number of halogens is 1. The van der Waals surface area contributed by atoms with Crippen molar-refractivity contribution in [1.29, 1.82) is 0 Å². The first-order chi connectivity index (χ1) is 9.16. The minimum Gasteiger partial charge on any atom is -0.481 e. The number of rotatable bonds is 5. The van der Waals surface area contributed by atoms with E-state index < -0.39 is 11.9 Å². The first kappa shape index (κ1) is 13.6. The molecule has 98 valence electrons. The van der Waals surface area contributed by atoms with Gasteiger partial charge in [0, 0.05) is 5.02 Å². The molecular formula is C16H15ClO2. The van der Waals surface area contributed by atoms with E-state index in [1.54, 1.807) is 0 Å². The summed E-state index contributed by atoms with van der Waals surface area (Å²) in [5, 5.41) is 10.0. The maximum absolute atomic E-state index is 11.4. The highest BCUT2D eigenvalue weighted by molar-refractivity contribution is 6.30. The van der Waals surface area contributed by atoms with Gasteiger partial charge in [-0.05, 0) is 36.1 Å². The fourth-order valence-electron chi connectivity index (χ4n) is 2.08. The largest absolute Gasteiger partial charge is 0.481 e. The quantitative estimate of drug-likeness (QED) is 0.890. The number of carbonyl (C=O) groups is 1. The molecule has 0 saturated heterocycles. The molecule has 0 spiro atoms.